The molecular formula is C23H25N3O6. The number of benzene rings is 1. The lowest BCUT2D eigenvalue weighted by Crippen LogP contribution is -2.31. The minimum Gasteiger partial charge on any atom is -0.493 e. The number of aromatic nitrogens is 2. The highest BCUT2D eigenvalue weighted by Gasteiger charge is 2.30. The SMILES string of the molecule is COC(=O)C[C@H](NC(=O)c1cc(C2CC2)nc2onc(C)c12)c1ccc(OC)c(OC)c1. The van der Waals surface area contributed by atoms with Gasteiger partial charge in [-0.1, -0.05) is 11.2 Å². The molecule has 1 aliphatic carbocycles. The topological polar surface area (TPSA) is 113 Å². The normalized spacial score (nSPS) is 14.1. The molecule has 1 saturated carbocycles. The van der Waals surface area contributed by atoms with Crippen LogP contribution in [0.2, 0.25) is 0 Å². The number of hydrogen-bond acceptors (Lipinski definition) is 8. The van der Waals surface area contributed by atoms with Gasteiger partial charge in [-0.25, -0.2) is 4.98 Å². The van der Waals surface area contributed by atoms with E-state index in [9.17, 15) is 9.59 Å². The summed E-state index contributed by atoms with van der Waals surface area (Å²) >= 11 is 0. The fourth-order valence-electron chi connectivity index (χ4n) is 3.69. The van der Waals surface area contributed by atoms with Gasteiger partial charge in [0.1, 0.15) is 0 Å². The third-order valence-electron chi connectivity index (χ3n) is 5.59. The summed E-state index contributed by atoms with van der Waals surface area (Å²) in [6.45, 7) is 1.77. The second-order valence-electron chi connectivity index (χ2n) is 7.74. The second kappa shape index (κ2) is 8.86. The van der Waals surface area contributed by atoms with Crippen LogP contribution in [-0.4, -0.2) is 43.3 Å². The summed E-state index contributed by atoms with van der Waals surface area (Å²) < 4.78 is 20.9. The van der Waals surface area contributed by atoms with E-state index in [0.29, 0.717) is 45.3 Å². The fourth-order valence-corrected chi connectivity index (χ4v) is 3.69. The van der Waals surface area contributed by atoms with Gasteiger partial charge in [-0.3, -0.25) is 9.59 Å². The maximum absolute atomic E-state index is 13.4. The van der Waals surface area contributed by atoms with Crippen LogP contribution in [0.4, 0.5) is 0 Å². The molecular weight excluding hydrogens is 414 g/mol. The number of nitrogens with one attached hydrogen (secondary N) is 1. The lowest BCUT2D eigenvalue weighted by atomic mass is 10.0. The Morgan fingerprint density at radius 1 is 1.16 bits per heavy atom. The van der Waals surface area contributed by atoms with Crippen molar-refractivity contribution in [3.63, 3.8) is 0 Å². The molecule has 0 spiro atoms. The largest absolute Gasteiger partial charge is 0.493 e. The second-order valence-corrected chi connectivity index (χ2v) is 7.74. The summed E-state index contributed by atoms with van der Waals surface area (Å²) in [4.78, 5) is 30.1. The number of rotatable bonds is 8. The van der Waals surface area contributed by atoms with E-state index in [0.717, 1.165) is 18.5 Å². The quantitative estimate of drug-likeness (QED) is 0.531. The van der Waals surface area contributed by atoms with Gasteiger partial charge in [0.15, 0.2) is 11.5 Å². The van der Waals surface area contributed by atoms with Gasteiger partial charge < -0.3 is 24.1 Å². The third kappa shape index (κ3) is 4.23. The van der Waals surface area contributed by atoms with Gasteiger partial charge in [0.05, 0.1) is 50.4 Å². The molecule has 9 heteroatoms. The first-order valence-corrected chi connectivity index (χ1v) is 10.3. The van der Waals surface area contributed by atoms with Crippen molar-refractivity contribution in [1.82, 2.24) is 15.5 Å². The average molecular weight is 439 g/mol. The van der Waals surface area contributed by atoms with Crippen molar-refractivity contribution in [2.75, 3.05) is 21.3 Å². The minimum absolute atomic E-state index is 0.0515. The standard InChI is InChI=1S/C23H25N3O6/c1-12-21-15(10-16(13-5-6-13)25-23(21)32-26-12)22(28)24-17(11-20(27)31-4)14-7-8-18(29-2)19(9-14)30-3/h7-10,13,17H,5-6,11H2,1-4H3,(H,24,28)/t17-/m0/s1. The molecule has 0 unspecified atom stereocenters. The van der Waals surface area contributed by atoms with Crippen molar-refractivity contribution >= 4 is 23.0 Å². The van der Waals surface area contributed by atoms with Crippen molar-refractivity contribution in [3.8, 4) is 11.5 Å². The molecule has 0 saturated heterocycles. The lowest BCUT2D eigenvalue weighted by molar-refractivity contribution is -0.141. The van der Waals surface area contributed by atoms with E-state index < -0.39 is 12.0 Å². The summed E-state index contributed by atoms with van der Waals surface area (Å²) in [6, 6.07) is 6.38. The zero-order valence-corrected chi connectivity index (χ0v) is 18.4. The Labute approximate surface area is 185 Å². The Morgan fingerprint density at radius 2 is 1.91 bits per heavy atom. The molecule has 32 heavy (non-hydrogen) atoms. The number of carbonyl (C=O) groups is 2. The monoisotopic (exact) mass is 439 g/mol. The Morgan fingerprint density at radius 3 is 2.56 bits per heavy atom. The van der Waals surface area contributed by atoms with E-state index in [1.54, 1.807) is 38.3 Å². The van der Waals surface area contributed by atoms with Gasteiger partial charge in [-0.05, 0) is 43.5 Å². The summed E-state index contributed by atoms with van der Waals surface area (Å²) in [5, 5.41) is 7.51. The van der Waals surface area contributed by atoms with Crippen LogP contribution in [0.1, 0.15) is 58.5 Å². The number of ether oxygens (including phenoxy) is 3. The molecule has 1 atom stereocenters. The molecule has 4 rings (SSSR count). The van der Waals surface area contributed by atoms with Crippen molar-refractivity contribution in [1.29, 1.82) is 0 Å². The molecule has 1 aromatic carbocycles. The van der Waals surface area contributed by atoms with Crippen LogP contribution in [0.15, 0.2) is 28.8 Å². The van der Waals surface area contributed by atoms with E-state index in [2.05, 4.69) is 15.5 Å². The number of pyridine rings is 1. The number of nitrogens with zero attached hydrogens (tertiary/aromatic N) is 2. The van der Waals surface area contributed by atoms with Gasteiger partial charge in [0.2, 0.25) is 0 Å². The highest BCUT2D eigenvalue weighted by Crippen LogP contribution is 2.40. The molecule has 0 aliphatic heterocycles. The molecule has 168 valence electrons. The van der Waals surface area contributed by atoms with Crippen LogP contribution in [0.3, 0.4) is 0 Å². The molecule has 0 bridgehead atoms. The van der Waals surface area contributed by atoms with Crippen LogP contribution in [0, 0.1) is 6.92 Å². The molecule has 1 aliphatic rings. The van der Waals surface area contributed by atoms with Crippen LogP contribution in [0.5, 0.6) is 11.5 Å². The summed E-state index contributed by atoms with van der Waals surface area (Å²) in [5.74, 6) is 0.558. The number of amides is 1. The summed E-state index contributed by atoms with van der Waals surface area (Å²) in [7, 11) is 4.38. The molecule has 1 amide bonds. The number of hydrogen-bond donors (Lipinski definition) is 1. The molecule has 2 heterocycles. The number of esters is 1. The van der Waals surface area contributed by atoms with E-state index in [4.69, 9.17) is 18.7 Å². The number of carbonyl (C=O) groups excluding carboxylic acids is 2. The third-order valence-corrected chi connectivity index (χ3v) is 5.59. The predicted octanol–water partition coefficient (Wildman–Crippen LogP) is 3.46. The van der Waals surface area contributed by atoms with E-state index in [-0.39, 0.29) is 12.3 Å². The van der Waals surface area contributed by atoms with E-state index in [1.807, 2.05) is 0 Å². The van der Waals surface area contributed by atoms with Crippen LogP contribution in [0.25, 0.3) is 11.1 Å². The number of fused-ring (bicyclic) bond motifs is 1. The summed E-state index contributed by atoms with van der Waals surface area (Å²) in [5.41, 5.74) is 2.83. The van der Waals surface area contributed by atoms with Crippen molar-refractivity contribution in [3.05, 3.63) is 46.8 Å². The Hall–Kier alpha value is -3.62. The molecule has 3 aromatic rings. The highest BCUT2D eigenvalue weighted by molar-refractivity contribution is 6.06. The van der Waals surface area contributed by atoms with Gasteiger partial charge in [0.25, 0.3) is 11.6 Å². The van der Waals surface area contributed by atoms with Gasteiger partial charge in [-0.15, -0.1) is 0 Å². The number of aryl methyl sites for hydroxylation is 1. The zero-order chi connectivity index (χ0) is 22.8. The van der Waals surface area contributed by atoms with Crippen LogP contribution in [-0.2, 0) is 9.53 Å². The average Bonchev–Trinajstić information content (AvgIpc) is 3.60. The van der Waals surface area contributed by atoms with Gasteiger partial charge >= 0.3 is 5.97 Å². The molecule has 0 radical (unpaired) electrons. The first kappa shape index (κ1) is 21.6. The van der Waals surface area contributed by atoms with Crippen molar-refractivity contribution < 1.29 is 28.3 Å². The van der Waals surface area contributed by atoms with Crippen molar-refractivity contribution in [2.45, 2.75) is 38.1 Å². The Bertz CT molecular complexity index is 1170. The lowest BCUT2D eigenvalue weighted by Gasteiger charge is -2.20. The van der Waals surface area contributed by atoms with Gasteiger partial charge in [0, 0.05) is 11.6 Å². The first-order chi connectivity index (χ1) is 15.4. The fraction of sp³-hybridized carbons (Fsp3) is 0.391. The van der Waals surface area contributed by atoms with Crippen LogP contribution >= 0.6 is 0 Å². The molecule has 1 N–H and O–H groups in total. The minimum atomic E-state index is -0.650. The van der Waals surface area contributed by atoms with E-state index >= 15 is 0 Å². The predicted molar refractivity (Wildman–Crippen MR) is 115 cm³/mol. The zero-order valence-electron chi connectivity index (χ0n) is 18.4. The smallest absolute Gasteiger partial charge is 0.307 e. The molecule has 9 nitrogen and oxygen atoms in total. The Kier molecular flexibility index (Phi) is 5.98. The maximum Gasteiger partial charge on any atom is 0.307 e. The summed E-state index contributed by atoms with van der Waals surface area (Å²) in [6.07, 6.45) is 2.01. The maximum atomic E-state index is 13.4. The first-order valence-electron chi connectivity index (χ1n) is 10.3. The van der Waals surface area contributed by atoms with Crippen molar-refractivity contribution in [2.24, 2.45) is 0 Å². The number of methoxy groups -OCH3 is 3. The van der Waals surface area contributed by atoms with Crippen LogP contribution < -0.4 is 14.8 Å². The Balaban J connectivity index is 1.71. The van der Waals surface area contributed by atoms with E-state index in [1.165, 1.54) is 14.2 Å². The van der Waals surface area contributed by atoms with Gasteiger partial charge in [-0.2, -0.15) is 0 Å². The highest BCUT2D eigenvalue weighted by atomic mass is 16.5. The molecule has 1 fully saturated rings. The molecule has 2 aromatic heterocycles.